The summed E-state index contributed by atoms with van der Waals surface area (Å²) in [4.78, 5) is 4.28. The zero-order valence-electron chi connectivity index (χ0n) is 16.1. The molecule has 0 unspecified atom stereocenters. The van der Waals surface area contributed by atoms with Gasteiger partial charge in [0.25, 0.3) is 0 Å². The molecule has 0 atom stereocenters. The molecule has 2 rings (SSSR count). The van der Waals surface area contributed by atoms with E-state index >= 15 is 0 Å². The van der Waals surface area contributed by atoms with Crippen LogP contribution in [-0.4, -0.2) is 33.8 Å². The van der Waals surface area contributed by atoms with Crippen molar-refractivity contribution in [1.29, 1.82) is 0 Å². The number of rotatable bonds is 8. The van der Waals surface area contributed by atoms with Gasteiger partial charge in [-0.1, -0.05) is 24.3 Å². The first-order valence-corrected chi connectivity index (χ1v) is 8.87. The molecule has 0 aliphatic rings. The van der Waals surface area contributed by atoms with Gasteiger partial charge in [-0.2, -0.15) is 0 Å². The molecule has 0 bridgehead atoms. The third-order valence-corrected chi connectivity index (χ3v) is 4.21. The monoisotopic (exact) mass is 355 g/mol. The van der Waals surface area contributed by atoms with E-state index in [1.165, 1.54) is 11.1 Å². The molecule has 0 aliphatic heterocycles. The Labute approximate surface area is 156 Å². The van der Waals surface area contributed by atoms with Crippen LogP contribution in [0.5, 0.6) is 11.5 Å². The molecule has 0 heterocycles. The summed E-state index contributed by atoms with van der Waals surface area (Å²) >= 11 is 0. The third kappa shape index (κ3) is 5.99. The first-order valence-electron chi connectivity index (χ1n) is 8.87. The number of hydrogen-bond donors (Lipinski definition) is 2. The summed E-state index contributed by atoms with van der Waals surface area (Å²) in [6.07, 6.45) is 2.04. The largest absolute Gasteiger partial charge is 0.497 e. The maximum atomic E-state index is 5.45. The van der Waals surface area contributed by atoms with Gasteiger partial charge in [0, 0.05) is 25.7 Å². The molecule has 2 aromatic carbocycles. The van der Waals surface area contributed by atoms with Crippen molar-refractivity contribution in [3.05, 3.63) is 59.2 Å². The Morgan fingerprint density at radius 2 is 1.77 bits per heavy atom. The highest BCUT2D eigenvalue weighted by Crippen LogP contribution is 2.19. The lowest BCUT2D eigenvalue weighted by Gasteiger charge is -2.14. The number of nitrogens with zero attached hydrogens (tertiary/aromatic N) is 1. The number of guanidine groups is 1. The molecule has 0 aliphatic carbocycles. The van der Waals surface area contributed by atoms with Gasteiger partial charge in [-0.15, -0.1) is 0 Å². The molecule has 0 spiro atoms. The SMILES string of the molecule is CN=C(NCCCc1ccc(OC)cc1)NCc1ccc(C)cc1OC. The summed E-state index contributed by atoms with van der Waals surface area (Å²) < 4.78 is 10.6. The molecule has 2 N–H and O–H groups in total. The maximum absolute atomic E-state index is 5.45. The lowest BCUT2D eigenvalue weighted by atomic mass is 10.1. The molecule has 0 fully saturated rings. The standard InChI is InChI=1S/C21H29N3O2/c1-16-7-10-18(20(14-16)26-4)15-24-21(22-2)23-13-5-6-17-8-11-19(25-3)12-9-17/h7-12,14H,5-6,13,15H2,1-4H3,(H2,22,23,24). The van der Waals surface area contributed by atoms with Crippen LogP contribution in [0.25, 0.3) is 0 Å². The number of benzene rings is 2. The fourth-order valence-electron chi connectivity index (χ4n) is 2.69. The van der Waals surface area contributed by atoms with E-state index < -0.39 is 0 Å². The van der Waals surface area contributed by atoms with Gasteiger partial charge < -0.3 is 20.1 Å². The van der Waals surface area contributed by atoms with Crippen molar-refractivity contribution < 1.29 is 9.47 Å². The van der Waals surface area contributed by atoms with Crippen molar-refractivity contribution >= 4 is 5.96 Å². The van der Waals surface area contributed by atoms with Crippen LogP contribution < -0.4 is 20.1 Å². The van der Waals surface area contributed by atoms with Crippen LogP contribution >= 0.6 is 0 Å². The maximum Gasteiger partial charge on any atom is 0.191 e. The second kappa shape index (κ2) is 10.3. The van der Waals surface area contributed by atoms with Crippen molar-refractivity contribution in [2.24, 2.45) is 4.99 Å². The predicted octanol–water partition coefficient (Wildman–Crippen LogP) is 3.31. The number of ether oxygens (including phenoxy) is 2. The highest BCUT2D eigenvalue weighted by atomic mass is 16.5. The van der Waals surface area contributed by atoms with Crippen LogP contribution in [0, 0.1) is 6.92 Å². The van der Waals surface area contributed by atoms with E-state index in [1.807, 2.05) is 18.2 Å². The van der Waals surface area contributed by atoms with E-state index in [4.69, 9.17) is 9.47 Å². The van der Waals surface area contributed by atoms with Crippen LogP contribution in [-0.2, 0) is 13.0 Å². The van der Waals surface area contributed by atoms with Crippen LogP contribution in [0.1, 0.15) is 23.1 Å². The fourth-order valence-corrected chi connectivity index (χ4v) is 2.69. The summed E-state index contributed by atoms with van der Waals surface area (Å²) in [5.74, 6) is 2.58. The van der Waals surface area contributed by atoms with Crippen LogP contribution in [0.2, 0.25) is 0 Å². The lowest BCUT2D eigenvalue weighted by Crippen LogP contribution is -2.37. The average molecular weight is 355 g/mol. The fraction of sp³-hybridized carbons (Fsp3) is 0.381. The predicted molar refractivity (Wildman–Crippen MR) is 107 cm³/mol. The van der Waals surface area contributed by atoms with Gasteiger partial charge >= 0.3 is 0 Å². The third-order valence-electron chi connectivity index (χ3n) is 4.21. The minimum absolute atomic E-state index is 0.668. The van der Waals surface area contributed by atoms with Crippen molar-refractivity contribution in [3.63, 3.8) is 0 Å². The van der Waals surface area contributed by atoms with E-state index in [9.17, 15) is 0 Å². The van der Waals surface area contributed by atoms with Crippen LogP contribution in [0.3, 0.4) is 0 Å². The Kier molecular flexibility index (Phi) is 7.80. The van der Waals surface area contributed by atoms with E-state index in [0.29, 0.717) is 6.54 Å². The van der Waals surface area contributed by atoms with Gasteiger partial charge in [0.2, 0.25) is 0 Å². The Morgan fingerprint density at radius 1 is 1.00 bits per heavy atom. The quantitative estimate of drug-likeness (QED) is 0.433. The summed E-state index contributed by atoms with van der Waals surface area (Å²) in [5, 5.41) is 6.69. The minimum Gasteiger partial charge on any atom is -0.497 e. The Bertz CT molecular complexity index is 712. The molecular formula is C21H29N3O2. The van der Waals surface area contributed by atoms with Crippen molar-refractivity contribution in [3.8, 4) is 11.5 Å². The molecule has 0 amide bonds. The van der Waals surface area contributed by atoms with E-state index in [-0.39, 0.29) is 0 Å². The van der Waals surface area contributed by atoms with E-state index in [2.05, 4.69) is 46.8 Å². The Hall–Kier alpha value is -2.69. The Morgan fingerprint density at radius 3 is 2.42 bits per heavy atom. The van der Waals surface area contributed by atoms with Crippen molar-refractivity contribution in [2.75, 3.05) is 27.8 Å². The number of aliphatic imine (C=N–C) groups is 1. The number of methoxy groups -OCH3 is 2. The molecule has 26 heavy (non-hydrogen) atoms. The van der Waals surface area contributed by atoms with Crippen molar-refractivity contribution in [2.45, 2.75) is 26.3 Å². The molecule has 0 saturated heterocycles. The van der Waals surface area contributed by atoms with Gasteiger partial charge in [0.05, 0.1) is 14.2 Å². The van der Waals surface area contributed by atoms with Crippen LogP contribution in [0.15, 0.2) is 47.5 Å². The van der Waals surface area contributed by atoms with Crippen LogP contribution in [0.4, 0.5) is 0 Å². The highest BCUT2D eigenvalue weighted by Gasteiger charge is 2.04. The first-order chi connectivity index (χ1) is 12.7. The summed E-state index contributed by atoms with van der Waals surface area (Å²) in [6, 6.07) is 14.4. The average Bonchev–Trinajstić information content (AvgIpc) is 2.68. The molecular weight excluding hydrogens is 326 g/mol. The van der Waals surface area contributed by atoms with Crippen molar-refractivity contribution in [1.82, 2.24) is 10.6 Å². The van der Waals surface area contributed by atoms with Gasteiger partial charge in [-0.05, 0) is 49.1 Å². The van der Waals surface area contributed by atoms with Gasteiger partial charge in [0.1, 0.15) is 11.5 Å². The Balaban J connectivity index is 1.75. The summed E-state index contributed by atoms with van der Waals surface area (Å²) in [7, 11) is 5.17. The summed E-state index contributed by atoms with van der Waals surface area (Å²) in [5.41, 5.74) is 3.60. The number of hydrogen-bond acceptors (Lipinski definition) is 3. The minimum atomic E-state index is 0.668. The topological polar surface area (TPSA) is 54.9 Å². The normalized spacial score (nSPS) is 11.2. The van der Waals surface area contributed by atoms with Gasteiger partial charge in [-0.25, -0.2) is 0 Å². The summed E-state index contributed by atoms with van der Waals surface area (Å²) in [6.45, 7) is 3.58. The van der Waals surface area contributed by atoms with E-state index in [1.54, 1.807) is 21.3 Å². The number of nitrogens with one attached hydrogen (secondary N) is 2. The molecule has 2 aromatic rings. The molecule has 0 saturated carbocycles. The molecule has 140 valence electrons. The van der Waals surface area contributed by atoms with Gasteiger partial charge in [-0.3, -0.25) is 4.99 Å². The lowest BCUT2D eigenvalue weighted by molar-refractivity contribution is 0.408. The smallest absolute Gasteiger partial charge is 0.191 e. The molecule has 0 aromatic heterocycles. The zero-order valence-corrected chi connectivity index (χ0v) is 16.1. The number of aryl methyl sites for hydroxylation is 2. The van der Waals surface area contributed by atoms with E-state index in [0.717, 1.165) is 42.4 Å². The second-order valence-electron chi connectivity index (χ2n) is 6.12. The molecule has 5 nitrogen and oxygen atoms in total. The zero-order chi connectivity index (χ0) is 18.8. The molecule has 5 heteroatoms. The van der Waals surface area contributed by atoms with Gasteiger partial charge in [0.15, 0.2) is 5.96 Å². The first kappa shape index (κ1) is 19.6. The second-order valence-corrected chi connectivity index (χ2v) is 6.12. The molecule has 0 radical (unpaired) electrons. The highest BCUT2D eigenvalue weighted by molar-refractivity contribution is 5.79.